The molecule has 0 unspecified atom stereocenters. The first-order valence-corrected chi connectivity index (χ1v) is 6.09. The third-order valence-corrected chi connectivity index (χ3v) is 3.17. The highest BCUT2D eigenvalue weighted by Gasteiger charge is 2.01. The minimum absolute atomic E-state index is 0.761. The predicted octanol–water partition coefficient (Wildman–Crippen LogP) is 4.57. The van der Waals surface area contributed by atoms with Crippen LogP contribution in [-0.4, -0.2) is 0 Å². The molecule has 0 heterocycles. The smallest absolute Gasteiger partial charge is 0.0426 e. The first-order valence-electron chi connectivity index (χ1n) is 5.71. The van der Waals surface area contributed by atoms with E-state index in [0.29, 0.717) is 0 Å². The highest BCUT2D eigenvalue weighted by Crippen LogP contribution is 2.18. The molecule has 0 saturated carbocycles. The summed E-state index contributed by atoms with van der Waals surface area (Å²) in [7, 11) is 0. The number of halogens is 1. The topological polar surface area (TPSA) is 12.0 Å². The Morgan fingerprint density at radius 3 is 2.29 bits per heavy atom. The van der Waals surface area contributed by atoms with Gasteiger partial charge in [-0.1, -0.05) is 35.9 Å². The fourth-order valence-corrected chi connectivity index (χ4v) is 2.11. The van der Waals surface area contributed by atoms with E-state index in [0.717, 1.165) is 17.3 Å². The van der Waals surface area contributed by atoms with Gasteiger partial charge in [-0.3, -0.25) is 0 Å². The van der Waals surface area contributed by atoms with Crippen LogP contribution in [0.3, 0.4) is 0 Å². The molecule has 0 spiro atoms. The number of rotatable bonds is 3. The quantitative estimate of drug-likeness (QED) is 0.835. The summed E-state index contributed by atoms with van der Waals surface area (Å²) in [6, 6.07) is 14.2. The summed E-state index contributed by atoms with van der Waals surface area (Å²) < 4.78 is 0. The predicted molar refractivity (Wildman–Crippen MR) is 74.7 cm³/mol. The molecule has 0 aliphatic carbocycles. The van der Waals surface area contributed by atoms with Gasteiger partial charge in [0.15, 0.2) is 0 Å². The Kier molecular flexibility index (Phi) is 3.70. The average molecular weight is 246 g/mol. The molecule has 2 heteroatoms. The van der Waals surface area contributed by atoms with E-state index in [1.165, 1.54) is 16.7 Å². The highest BCUT2D eigenvalue weighted by atomic mass is 35.5. The van der Waals surface area contributed by atoms with Crippen LogP contribution in [0.2, 0.25) is 5.02 Å². The summed E-state index contributed by atoms with van der Waals surface area (Å²) in [5, 5.41) is 4.16. The van der Waals surface area contributed by atoms with Crippen molar-refractivity contribution in [3.05, 3.63) is 64.2 Å². The van der Waals surface area contributed by atoms with Gasteiger partial charge in [-0.25, -0.2) is 0 Å². The first-order chi connectivity index (χ1) is 8.16. The summed E-state index contributed by atoms with van der Waals surface area (Å²) in [6.45, 7) is 5.11. The Labute approximate surface area is 107 Å². The summed E-state index contributed by atoms with van der Waals surface area (Å²) in [5.74, 6) is 0. The van der Waals surface area contributed by atoms with Crippen molar-refractivity contribution < 1.29 is 0 Å². The van der Waals surface area contributed by atoms with Crippen LogP contribution < -0.4 is 5.32 Å². The van der Waals surface area contributed by atoms with Gasteiger partial charge in [-0.05, 0) is 48.7 Å². The van der Waals surface area contributed by atoms with Gasteiger partial charge in [0.05, 0.1) is 0 Å². The Balaban J connectivity index is 2.13. The largest absolute Gasteiger partial charge is 0.381 e. The minimum Gasteiger partial charge on any atom is -0.381 e. The maximum absolute atomic E-state index is 5.95. The maximum Gasteiger partial charge on any atom is 0.0426 e. The molecule has 17 heavy (non-hydrogen) atoms. The van der Waals surface area contributed by atoms with Crippen molar-refractivity contribution in [3.8, 4) is 0 Å². The number of hydrogen-bond donors (Lipinski definition) is 1. The van der Waals surface area contributed by atoms with E-state index in [1.807, 2.05) is 24.3 Å². The Morgan fingerprint density at radius 1 is 1.00 bits per heavy atom. The first kappa shape index (κ1) is 12.0. The second kappa shape index (κ2) is 5.24. The molecule has 0 bridgehead atoms. The second-order valence-corrected chi connectivity index (χ2v) is 4.67. The Hall–Kier alpha value is -1.47. The second-order valence-electron chi connectivity index (χ2n) is 4.23. The van der Waals surface area contributed by atoms with E-state index in [4.69, 9.17) is 11.6 Å². The lowest BCUT2D eigenvalue weighted by atomic mass is 10.0. The van der Waals surface area contributed by atoms with Crippen LogP contribution in [0.5, 0.6) is 0 Å². The fourth-order valence-electron chi connectivity index (χ4n) is 1.92. The van der Waals surface area contributed by atoms with Gasteiger partial charge in [0.1, 0.15) is 0 Å². The van der Waals surface area contributed by atoms with Gasteiger partial charge in [-0.15, -0.1) is 0 Å². The zero-order valence-electron chi connectivity index (χ0n) is 10.1. The normalized spacial score (nSPS) is 10.3. The van der Waals surface area contributed by atoms with Crippen molar-refractivity contribution in [1.82, 2.24) is 0 Å². The molecule has 0 saturated heterocycles. The number of hydrogen-bond acceptors (Lipinski definition) is 1. The highest BCUT2D eigenvalue weighted by molar-refractivity contribution is 6.30. The third kappa shape index (κ3) is 3.01. The zero-order chi connectivity index (χ0) is 12.3. The average Bonchev–Trinajstić information content (AvgIpc) is 2.28. The Bertz CT molecular complexity index is 500. The lowest BCUT2D eigenvalue weighted by Gasteiger charge is -2.12. The molecule has 0 radical (unpaired) electrons. The van der Waals surface area contributed by atoms with Crippen LogP contribution in [0.15, 0.2) is 42.5 Å². The van der Waals surface area contributed by atoms with Gasteiger partial charge < -0.3 is 5.32 Å². The van der Waals surface area contributed by atoms with E-state index in [2.05, 4.69) is 37.4 Å². The molecule has 88 valence electrons. The maximum atomic E-state index is 5.95. The number of benzene rings is 2. The van der Waals surface area contributed by atoms with E-state index in [-0.39, 0.29) is 0 Å². The molecule has 0 atom stereocenters. The Morgan fingerprint density at radius 2 is 1.65 bits per heavy atom. The van der Waals surface area contributed by atoms with Crippen molar-refractivity contribution in [2.45, 2.75) is 20.4 Å². The molecular weight excluding hydrogens is 230 g/mol. The van der Waals surface area contributed by atoms with E-state index >= 15 is 0 Å². The van der Waals surface area contributed by atoms with Crippen LogP contribution >= 0.6 is 11.6 Å². The third-order valence-electron chi connectivity index (χ3n) is 2.94. The van der Waals surface area contributed by atoms with Crippen molar-refractivity contribution in [3.63, 3.8) is 0 Å². The van der Waals surface area contributed by atoms with Crippen LogP contribution in [0.25, 0.3) is 0 Å². The van der Waals surface area contributed by atoms with Crippen LogP contribution in [0.1, 0.15) is 16.7 Å². The van der Waals surface area contributed by atoms with Crippen molar-refractivity contribution in [2.75, 3.05) is 5.32 Å². The zero-order valence-corrected chi connectivity index (χ0v) is 10.9. The van der Waals surface area contributed by atoms with Gasteiger partial charge >= 0.3 is 0 Å². The molecule has 0 fully saturated rings. The van der Waals surface area contributed by atoms with Crippen molar-refractivity contribution in [1.29, 1.82) is 0 Å². The van der Waals surface area contributed by atoms with Crippen molar-refractivity contribution >= 4 is 17.3 Å². The molecule has 0 aliphatic heterocycles. The van der Waals surface area contributed by atoms with Gasteiger partial charge in [0.2, 0.25) is 0 Å². The van der Waals surface area contributed by atoms with Crippen molar-refractivity contribution in [2.24, 2.45) is 0 Å². The number of anilines is 1. The molecule has 2 aromatic rings. The van der Waals surface area contributed by atoms with Crippen LogP contribution in [0.4, 0.5) is 5.69 Å². The van der Waals surface area contributed by atoms with Crippen LogP contribution in [-0.2, 0) is 6.54 Å². The summed E-state index contributed by atoms with van der Waals surface area (Å²) in [4.78, 5) is 0. The fraction of sp³-hybridized carbons (Fsp3) is 0.200. The SMILES string of the molecule is Cc1cccc(C)c1CNc1cccc(Cl)c1. The monoisotopic (exact) mass is 245 g/mol. The molecule has 0 aliphatic rings. The van der Waals surface area contributed by atoms with Gasteiger partial charge in [0, 0.05) is 17.3 Å². The molecule has 0 amide bonds. The summed E-state index contributed by atoms with van der Waals surface area (Å²) in [5.41, 5.74) is 5.05. The molecule has 1 N–H and O–H groups in total. The summed E-state index contributed by atoms with van der Waals surface area (Å²) in [6.07, 6.45) is 0. The number of nitrogens with one attached hydrogen (secondary N) is 1. The van der Waals surface area contributed by atoms with Gasteiger partial charge in [-0.2, -0.15) is 0 Å². The minimum atomic E-state index is 0.761. The molecular formula is C15H16ClN. The van der Waals surface area contributed by atoms with E-state index in [1.54, 1.807) is 0 Å². The molecule has 2 rings (SSSR count). The lowest BCUT2D eigenvalue weighted by Crippen LogP contribution is -2.03. The van der Waals surface area contributed by atoms with Crippen LogP contribution in [0, 0.1) is 13.8 Å². The molecule has 2 aromatic carbocycles. The molecule has 1 nitrogen and oxygen atoms in total. The number of aryl methyl sites for hydroxylation is 2. The van der Waals surface area contributed by atoms with Gasteiger partial charge in [0.25, 0.3) is 0 Å². The lowest BCUT2D eigenvalue weighted by molar-refractivity contribution is 1.09. The molecule has 0 aromatic heterocycles. The van der Waals surface area contributed by atoms with E-state index < -0.39 is 0 Å². The van der Waals surface area contributed by atoms with E-state index in [9.17, 15) is 0 Å². The standard InChI is InChI=1S/C15H16ClN/c1-11-5-3-6-12(2)15(11)10-17-14-8-4-7-13(16)9-14/h3-9,17H,10H2,1-2H3. The summed E-state index contributed by atoms with van der Waals surface area (Å²) >= 11 is 5.95.